The van der Waals surface area contributed by atoms with Gasteiger partial charge in [-0.2, -0.15) is 52.7 Å². The molecule has 0 aromatic rings. The predicted molar refractivity (Wildman–Crippen MR) is 60.5 cm³/mol. The van der Waals surface area contributed by atoms with Crippen LogP contribution in [0.2, 0.25) is 0 Å². The smallest absolute Gasteiger partial charge is 0.315 e. The molecule has 1 atom stereocenters. The number of carbonyl (C=O) groups is 1. The number of alkyl halides is 12. The van der Waals surface area contributed by atoms with E-state index in [9.17, 15) is 57.5 Å². The lowest BCUT2D eigenvalue weighted by Crippen LogP contribution is -2.74. The lowest BCUT2D eigenvalue weighted by molar-refractivity contribution is -0.352. The molecule has 0 saturated carbocycles. The number of halogens is 12. The first-order valence-electron chi connectivity index (χ1n) is 6.54. The highest BCUT2D eigenvalue weighted by molar-refractivity contribution is 5.82. The number of nitrogens with zero attached hydrogens (tertiary/aromatic N) is 1. The standard InChI is InChI=1S/C12H9F12NO/c1-5-3-2-4-25(8(5,11(19,20)21)12(22,23)24)7(26)6(9(13,14)15)10(16,17)18/h2-3,5-6H,4H2,1H3. The van der Waals surface area contributed by atoms with Crippen molar-refractivity contribution in [1.82, 2.24) is 4.90 Å². The van der Waals surface area contributed by atoms with Crippen LogP contribution in [0.25, 0.3) is 0 Å². The number of carbonyl (C=O) groups excluding carboxylic acids is 1. The molecule has 0 radical (unpaired) electrons. The van der Waals surface area contributed by atoms with Gasteiger partial charge in [0.25, 0.3) is 0 Å². The Kier molecular flexibility index (Phi) is 5.36. The van der Waals surface area contributed by atoms with E-state index in [2.05, 4.69) is 0 Å². The van der Waals surface area contributed by atoms with E-state index in [0.29, 0.717) is 12.2 Å². The zero-order chi connectivity index (χ0) is 20.9. The molecule has 0 aliphatic carbocycles. The Morgan fingerprint density at radius 3 is 1.62 bits per heavy atom. The topological polar surface area (TPSA) is 20.3 Å². The summed E-state index contributed by atoms with van der Waals surface area (Å²) in [4.78, 5) is 10.3. The van der Waals surface area contributed by atoms with Gasteiger partial charge in [-0.3, -0.25) is 4.79 Å². The highest BCUT2D eigenvalue weighted by atomic mass is 19.4. The Morgan fingerprint density at radius 2 is 1.31 bits per heavy atom. The first kappa shape index (κ1) is 22.4. The molecule has 0 aromatic heterocycles. The van der Waals surface area contributed by atoms with E-state index < -0.39 is 59.4 Å². The highest BCUT2D eigenvalue weighted by Crippen LogP contribution is 2.54. The summed E-state index contributed by atoms with van der Waals surface area (Å²) in [6.45, 7) is -1.45. The minimum absolute atomic E-state index is 0.285. The van der Waals surface area contributed by atoms with Gasteiger partial charge in [-0.15, -0.1) is 0 Å². The molecule has 1 amide bonds. The molecule has 0 spiro atoms. The van der Waals surface area contributed by atoms with Gasteiger partial charge in [-0.05, 0) is 0 Å². The molecule has 1 heterocycles. The van der Waals surface area contributed by atoms with Crippen LogP contribution in [0, 0.1) is 11.8 Å². The molecule has 0 bridgehead atoms. The lowest BCUT2D eigenvalue weighted by Gasteiger charge is -2.50. The summed E-state index contributed by atoms with van der Waals surface area (Å²) in [6.07, 6.45) is -24.9. The maximum Gasteiger partial charge on any atom is 0.421 e. The molecule has 0 N–H and O–H groups in total. The van der Waals surface area contributed by atoms with Crippen LogP contribution in [0.4, 0.5) is 52.7 Å². The van der Waals surface area contributed by atoms with Crippen LogP contribution in [-0.4, -0.2) is 47.6 Å². The fraction of sp³-hybridized carbons (Fsp3) is 0.750. The minimum Gasteiger partial charge on any atom is -0.315 e. The van der Waals surface area contributed by atoms with Crippen LogP contribution in [0.15, 0.2) is 12.2 Å². The first-order chi connectivity index (χ1) is 11.3. The Balaban J connectivity index is 3.71. The summed E-state index contributed by atoms with van der Waals surface area (Å²) < 4.78 is 155. The quantitative estimate of drug-likeness (QED) is 0.456. The van der Waals surface area contributed by atoms with E-state index in [1.807, 2.05) is 0 Å². The summed E-state index contributed by atoms with van der Waals surface area (Å²) in [7, 11) is 0. The number of hydrogen-bond acceptors (Lipinski definition) is 1. The highest BCUT2D eigenvalue weighted by Gasteiger charge is 2.78. The van der Waals surface area contributed by atoms with Gasteiger partial charge in [0.1, 0.15) is 0 Å². The monoisotopic (exact) mass is 411 g/mol. The molecular weight excluding hydrogens is 402 g/mol. The van der Waals surface area contributed by atoms with Crippen molar-refractivity contribution in [2.75, 3.05) is 6.54 Å². The zero-order valence-corrected chi connectivity index (χ0v) is 12.4. The molecule has 1 aliphatic rings. The first-order valence-corrected chi connectivity index (χ1v) is 6.54. The van der Waals surface area contributed by atoms with Crippen molar-refractivity contribution in [2.45, 2.75) is 37.2 Å². The second kappa shape index (κ2) is 6.22. The average Bonchev–Trinajstić information content (AvgIpc) is 2.31. The van der Waals surface area contributed by atoms with Gasteiger partial charge in [0.05, 0.1) is 0 Å². The normalized spacial score (nSPS) is 22.1. The molecule has 0 fully saturated rings. The second-order valence-electron chi connectivity index (χ2n) is 5.44. The molecule has 14 heteroatoms. The van der Waals surface area contributed by atoms with Crippen molar-refractivity contribution in [3.8, 4) is 0 Å². The van der Waals surface area contributed by atoms with Gasteiger partial charge in [0, 0.05) is 12.5 Å². The summed E-state index contributed by atoms with van der Waals surface area (Å²) in [6, 6.07) is 0. The Labute approximate surface area is 137 Å². The third kappa shape index (κ3) is 3.46. The maximum absolute atomic E-state index is 13.3. The van der Waals surface area contributed by atoms with Crippen LogP contribution >= 0.6 is 0 Å². The van der Waals surface area contributed by atoms with Gasteiger partial charge in [0.2, 0.25) is 17.4 Å². The van der Waals surface area contributed by atoms with Crippen molar-refractivity contribution in [2.24, 2.45) is 11.8 Å². The molecule has 0 saturated heterocycles. The van der Waals surface area contributed by atoms with Crippen molar-refractivity contribution < 1.29 is 57.5 Å². The largest absolute Gasteiger partial charge is 0.421 e. The van der Waals surface area contributed by atoms with Crippen molar-refractivity contribution in [3.05, 3.63) is 12.2 Å². The summed E-state index contributed by atoms with van der Waals surface area (Å²) in [5, 5.41) is 0. The van der Waals surface area contributed by atoms with Crippen LogP contribution in [0.3, 0.4) is 0 Å². The van der Waals surface area contributed by atoms with Gasteiger partial charge < -0.3 is 4.90 Å². The van der Waals surface area contributed by atoms with Crippen molar-refractivity contribution >= 4 is 5.91 Å². The van der Waals surface area contributed by atoms with Gasteiger partial charge >= 0.3 is 24.7 Å². The predicted octanol–water partition coefficient (Wildman–Crippen LogP) is 4.63. The number of hydrogen-bond donors (Lipinski definition) is 0. The van der Waals surface area contributed by atoms with Gasteiger partial charge in [0.15, 0.2) is 0 Å². The number of rotatable bonds is 1. The van der Waals surface area contributed by atoms with Crippen LogP contribution in [0.1, 0.15) is 6.92 Å². The molecule has 152 valence electrons. The van der Waals surface area contributed by atoms with Crippen molar-refractivity contribution in [3.63, 3.8) is 0 Å². The second-order valence-corrected chi connectivity index (χ2v) is 5.44. The molecule has 1 unspecified atom stereocenters. The molecule has 2 nitrogen and oxygen atoms in total. The fourth-order valence-electron chi connectivity index (χ4n) is 2.77. The number of amides is 1. The van der Waals surface area contributed by atoms with E-state index in [4.69, 9.17) is 0 Å². The SMILES string of the molecule is CC1C=CCN(C(=O)C(C(F)(F)F)C(F)(F)F)C1(C(F)(F)F)C(F)(F)F. The minimum atomic E-state index is -6.44. The third-order valence-corrected chi connectivity index (χ3v) is 3.83. The third-order valence-electron chi connectivity index (χ3n) is 3.83. The van der Waals surface area contributed by atoms with Crippen LogP contribution in [-0.2, 0) is 4.79 Å². The van der Waals surface area contributed by atoms with Gasteiger partial charge in [-0.25, -0.2) is 0 Å². The summed E-state index contributed by atoms with van der Waals surface area (Å²) in [5.41, 5.74) is -5.24. The Bertz CT molecular complexity index is 539. The summed E-state index contributed by atoms with van der Waals surface area (Å²) in [5.74, 6) is -11.1. The van der Waals surface area contributed by atoms with E-state index in [-0.39, 0.29) is 6.92 Å². The lowest BCUT2D eigenvalue weighted by atomic mass is 9.78. The maximum atomic E-state index is 13.3. The van der Waals surface area contributed by atoms with E-state index in [1.165, 1.54) is 0 Å². The Morgan fingerprint density at radius 1 is 0.923 bits per heavy atom. The van der Waals surface area contributed by atoms with E-state index >= 15 is 0 Å². The van der Waals surface area contributed by atoms with Crippen LogP contribution < -0.4 is 0 Å². The molecular formula is C12H9F12NO. The van der Waals surface area contributed by atoms with E-state index in [1.54, 1.807) is 0 Å². The molecule has 0 aromatic carbocycles. The molecule has 1 aliphatic heterocycles. The van der Waals surface area contributed by atoms with Crippen LogP contribution in [0.5, 0.6) is 0 Å². The van der Waals surface area contributed by atoms with Gasteiger partial charge in [-0.1, -0.05) is 19.1 Å². The fourth-order valence-corrected chi connectivity index (χ4v) is 2.77. The molecule has 26 heavy (non-hydrogen) atoms. The Hall–Kier alpha value is -1.63. The van der Waals surface area contributed by atoms with Crippen molar-refractivity contribution in [1.29, 1.82) is 0 Å². The zero-order valence-electron chi connectivity index (χ0n) is 12.4. The molecule has 1 rings (SSSR count). The van der Waals surface area contributed by atoms with E-state index in [0.717, 1.165) is 0 Å². The summed E-state index contributed by atoms with van der Waals surface area (Å²) >= 11 is 0. The average molecular weight is 411 g/mol.